The zero-order valence-electron chi connectivity index (χ0n) is 12.4. The number of hydrogen-bond acceptors (Lipinski definition) is 5. The molecule has 0 unspecified atom stereocenters. The van der Waals surface area contributed by atoms with E-state index in [9.17, 15) is 4.79 Å². The summed E-state index contributed by atoms with van der Waals surface area (Å²) in [6.45, 7) is 5.47. The number of aryl methyl sites for hydroxylation is 1. The van der Waals surface area contributed by atoms with E-state index >= 15 is 0 Å². The maximum absolute atomic E-state index is 11.5. The van der Waals surface area contributed by atoms with E-state index in [0.29, 0.717) is 11.3 Å². The predicted octanol–water partition coefficient (Wildman–Crippen LogP) is 1.94. The van der Waals surface area contributed by atoms with Crippen LogP contribution in [0.4, 0.5) is 0 Å². The molecule has 1 aliphatic rings. The zero-order chi connectivity index (χ0) is 14.5. The summed E-state index contributed by atoms with van der Waals surface area (Å²) in [5.41, 5.74) is 6.13. The fourth-order valence-corrected chi connectivity index (χ4v) is 2.82. The van der Waals surface area contributed by atoms with E-state index in [-0.39, 0.29) is 5.97 Å². The molecule has 112 valence electrons. The topological polar surface area (TPSA) is 68.7 Å². The van der Waals surface area contributed by atoms with Gasteiger partial charge in [-0.05, 0) is 57.8 Å². The van der Waals surface area contributed by atoms with Crippen LogP contribution < -0.4 is 5.73 Å². The molecular weight excluding hydrogens is 256 g/mol. The molecule has 2 heterocycles. The summed E-state index contributed by atoms with van der Waals surface area (Å²) in [5.74, 6) is 1.89. The Hall–Kier alpha value is -1.33. The van der Waals surface area contributed by atoms with Gasteiger partial charge in [0.15, 0.2) is 0 Å². The summed E-state index contributed by atoms with van der Waals surface area (Å²) in [6, 6.07) is 1.80. The number of ether oxygens (including phenoxy) is 1. The molecule has 0 spiro atoms. The van der Waals surface area contributed by atoms with Gasteiger partial charge in [0.25, 0.3) is 0 Å². The van der Waals surface area contributed by atoms with Gasteiger partial charge in [0.05, 0.1) is 13.7 Å². The second-order valence-electron chi connectivity index (χ2n) is 5.47. The summed E-state index contributed by atoms with van der Waals surface area (Å²) in [7, 11) is 1.39. The molecule has 1 fully saturated rings. The number of rotatable bonds is 5. The van der Waals surface area contributed by atoms with E-state index in [0.717, 1.165) is 44.3 Å². The zero-order valence-corrected chi connectivity index (χ0v) is 12.4. The first-order valence-corrected chi connectivity index (χ1v) is 7.24. The van der Waals surface area contributed by atoms with E-state index < -0.39 is 0 Å². The predicted molar refractivity (Wildman–Crippen MR) is 76.5 cm³/mol. The fourth-order valence-electron chi connectivity index (χ4n) is 2.82. The van der Waals surface area contributed by atoms with Gasteiger partial charge in [-0.25, -0.2) is 4.79 Å². The van der Waals surface area contributed by atoms with E-state index in [1.54, 1.807) is 13.0 Å². The Labute approximate surface area is 120 Å². The Morgan fingerprint density at radius 2 is 2.20 bits per heavy atom. The molecule has 2 rings (SSSR count). The van der Waals surface area contributed by atoms with Crippen LogP contribution in [0.3, 0.4) is 0 Å². The summed E-state index contributed by atoms with van der Waals surface area (Å²) in [6.07, 6.45) is 3.52. The van der Waals surface area contributed by atoms with Gasteiger partial charge in [-0.2, -0.15) is 0 Å². The lowest BCUT2D eigenvalue weighted by Crippen LogP contribution is -2.33. The van der Waals surface area contributed by atoms with Crippen LogP contribution in [-0.2, 0) is 11.3 Å². The van der Waals surface area contributed by atoms with Crippen molar-refractivity contribution < 1.29 is 13.9 Å². The van der Waals surface area contributed by atoms with Crippen LogP contribution in [0.1, 0.15) is 41.1 Å². The minimum absolute atomic E-state index is 0.334. The molecule has 1 aromatic heterocycles. The van der Waals surface area contributed by atoms with Crippen molar-refractivity contribution in [2.75, 3.05) is 26.7 Å². The number of likely N-dealkylation sites (tertiary alicyclic amines) is 1. The molecule has 0 aliphatic carbocycles. The highest BCUT2D eigenvalue weighted by molar-refractivity contribution is 5.90. The maximum Gasteiger partial charge on any atom is 0.341 e. The smallest absolute Gasteiger partial charge is 0.341 e. The number of furan rings is 1. The molecule has 0 atom stereocenters. The van der Waals surface area contributed by atoms with Crippen molar-refractivity contribution in [1.82, 2.24) is 4.90 Å². The van der Waals surface area contributed by atoms with Gasteiger partial charge in [0.1, 0.15) is 17.1 Å². The van der Waals surface area contributed by atoms with Crippen LogP contribution in [0.15, 0.2) is 10.5 Å². The molecule has 1 aromatic rings. The molecule has 0 saturated carbocycles. The van der Waals surface area contributed by atoms with Gasteiger partial charge in [-0.3, -0.25) is 4.90 Å². The van der Waals surface area contributed by atoms with E-state index in [1.807, 2.05) is 0 Å². The highest BCUT2D eigenvalue weighted by Crippen LogP contribution is 2.23. The molecule has 0 aromatic carbocycles. The molecule has 0 amide bonds. The quantitative estimate of drug-likeness (QED) is 0.835. The fraction of sp³-hybridized carbons (Fsp3) is 0.667. The number of carbonyl (C=O) groups excluding carboxylic acids is 1. The van der Waals surface area contributed by atoms with Gasteiger partial charge in [-0.15, -0.1) is 0 Å². The standard InChI is InChI=1S/C15H24N2O3/c1-11-14(15(18)19-2)9-13(20-11)10-17-7-4-12(3-6-16)5-8-17/h9,12H,3-8,10,16H2,1-2H3. The number of nitrogens with zero attached hydrogens (tertiary/aromatic N) is 1. The van der Waals surface area contributed by atoms with Crippen molar-refractivity contribution in [3.63, 3.8) is 0 Å². The Morgan fingerprint density at radius 3 is 2.80 bits per heavy atom. The highest BCUT2D eigenvalue weighted by Gasteiger charge is 2.21. The molecule has 5 nitrogen and oxygen atoms in total. The first-order valence-electron chi connectivity index (χ1n) is 7.24. The average Bonchev–Trinajstić information content (AvgIpc) is 2.81. The minimum atomic E-state index is -0.334. The van der Waals surface area contributed by atoms with Gasteiger partial charge in [-0.1, -0.05) is 0 Å². The van der Waals surface area contributed by atoms with Gasteiger partial charge in [0, 0.05) is 0 Å². The lowest BCUT2D eigenvalue weighted by molar-refractivity contribution is 0.0599. The molecular formula is C15H24N2O3. The Bertz CT molecular complexity index is 448. The second kappa shape index (κ2) is 6.90. The van der Waals surface area contributed by atoms with Crippen LogP contribution in [0, 0.1) is 12.8 Å². The summed E-state index contributed by atoms with van der Waals surface area (Å²) in [4.78, 5) is 13.9. The van der Waals surface area contributed by atoms with Crippen LogP contribution in [0.5, 0.6) is 0 Å². The van der Waals surface area contributed by atoms with Crippen LogP contribution in [-0.4, -0.2) is 37.6 Å². The molecule has 1 saturated heterocycles. The van der Waals surface area contributed by atoms with Gasteiger partial charge < -0.3 is 14.9 Å². The average molecular weight is 280 g/mol. The third-order valence-corrected chi connectivity index (χ3v) is 4.04. The van der Waals surface area contributed by atoms with E-state index in [4.69, 9.17) is 14.9 Å². The Morgan fingerprint density at radius 1 is 1.50 bits per heavy atom. The largest absolute Gasteiger partial charge is 0.465 e. The van der Waals surface area contributed by atoms with Crippen molar-refractivity contribution in [1.29, 1.82) is 0 Å². The monoisotopic (exact) mass is 280 g/mol. The first-order chi connectivity index (χ1) is 9.63. The third kappa shape index (κ3) is 3.61. The second-order valence-corrected chi connectivity index (χ2v) is 5.47. The molecule has 20 heavy (non-hydrogen) atoms. The SMILES string of the molecule is COC(=O)c1cc(CN2CCC(CCN)CC2)oc1C. The summed E-state index contributed by atoms with van der Waals surface area (Å²) < 4.78 is 10.4. The van der Waals surface area contributed by atoms with Crippen molar-refractivity contribution in [2.45, 2.75) is 32.7 Å². The molecule has 0 bridgehead atoms. The highest BCUT2D eigenvalue weighted by atomic mass is 16.5. The number of methoxy groups -OCH3 is 1. The lowest BCUT2D eigenvalue weighted by Gasteiger charge is -2.31. The molecule has 5 heteroatoms. The number of carbonyl (C=O) groups is 1. The van der Waals surface area contributed by atoms with Crippen LogP contribution >= 0.6 is 0 Å². The summed E-state index contributed by atoms with van der Waals surface area (Å²) in [5, 5.41) is 0. The molecule has 0 radical (unpaired) electrons. The molecule has 2 N–H and O–H groups in total. The number of hydrogen-bond donors (Lipinski definition) is 1. The van der Waals surface area contributed by atoms with E-state index in [2.05, 4.69) is 4.90 Å². The van der Waals surface area contributed by atoms with Crippen molar-refractivity contribution in [3.05, 3.63) is 23.2 Å². The van der Waals surface area contributed by atoms with Crippen molar-refractivity contribution in [2.24, 2.45) is 11.7 Å². The van der Waals surface area contributed by atoms with Crippen LogP contribution in [0.25, 0.3) is 0 Å². The van der Waals surface area contributed by atoms with Gasteiger partial charge >= 0.3 is 5.97 Å². The number of nitrogens with two attached hydrogens (primary N) is 1. The third-order valence-electron chi connectivity index (χ3n) is 4.04. The van der Waals surface area contributed by atoms with Crippen molar-refractivity contribution >= 4 is 5.97 Å². The Kier molecular flexibility index (Phi) is 5.20. The van der Waals surface area contributed by atoms with Crippen molar-refractivity contribution in [3.8, 4) is 0 Å². The number of esters is 1. The van der Waals surface area contributed by atoms with Gasteiger partial charge in [0.2, 0.25) is 0 Å². The first kappa shape index (κ1) is 15.1. The summed E-state index contributed by atoms with van der Waals surface area (Å²) >= 11 is 0. The normalized spacial score (nSPS) is 17.4. The lowest BCUT2D eigenvalue weighted by atomic mass is 9.93. The maximum atomic E-state index is 11.5. The van der Waals surface area contributed by atoms with E-state index in [1.165, 1.54) is 20.0 Å². The molecule has 1 aliphatic heterocycles. The minimum Gasteiger partial charge on any atom is -0.465 e. The Balaban J connectivity index is 1.90. The van der Waals surface area contributed by atoms with Crippen LogP contribution in [0.2, 0.25) is 0 Å². The number of piperidine rings is 1.